The molecule has 0 saturated carbocycles. The van der Waals surface area contributed by atoms with Crippen molar-refractivity contribution in [1.29, 1.82) is 0 Å². The standard InChI is InChI=1S/C95H134ClN17O34S3/c1-49-8-6-9-58(96)57(49)39-64(120)72-45-102-94(150-72)108-73-40-74(104-51(3)103-73)113-29-27-112(28-30-113)31-32-146-95(145)147-33-35-149-148-34-7-11-62(118)59(21-23-75(128)98-42-66(122)83(136)86(139)69(125)46-114)106-90(142)54(18-25-79(132)133)37-63(119)60(22-24-76(129)99-43-67(123)84(137)87(140)70(126)47-115)107-91(143)55(19-26-80(134)135)38-65(121)81(50(2)36-78(131)100-44-68(124)85(138)88(141)71(127)48-116)109-77(130)12-5-4-10-61(117)53-16-13-52(14-17-53)15-20-56-41-101-89-82(105-56)92(144)111-93(97)110-89/h6,8-9,13-14,16-17,40-41,45,50,54-55,59-60,66-71,81,83-88,114-116,122-127,136-141H,4-5,7,10-12,15,18-39,42-44,46-48H2,1-3H3,(H,98,128)(H,99,129)(H,100,131)(H,106,142)(H,107,143)(H,109,130)(H,132,133)(H,134,135)(H,102,103,104,108)(H3,97,101,110,111,144)/t50?,54-,55-,59+,60+,66+,67+,68+,69-,70-,71-,81+,83-,84-,85-,86-,87-,88-/m1/s1. The first-order valence-electron chi connectivity index (χ1n) is 48.5. The fraction of sp³-hybridized carbons (Fsp3) is 0.589. The lowest BCUT2D eigenvalue weighted by Crippen LogP contribution is -2.51. The van der Waals surface area contributed by atoms with Crippen molar-refractivity contribution in [2.75, 3.05) is 113 Å². The van der Waals surface area contributed by atoms with E-state index in [-0.39, 0.29) is 98.3 Å². The van der Waals surface area contributed by atoms with Gasteiger partial charge in [-0.15, -0.1) is 0 Å². The Kier molecular flexibility index (Phi) is 53.8. The van der Waals surface area contributed by atoms with Gasteiger partial charge >= 0.3 is 18.1 Å². The van der Waals surface area contributed by atoms with Crippen molar-refractivity contribution < 1.29 is 163 Å². The van der Waals surface area contributed by atoms with Crippen LogP contribution >= 0.6 is 44.5 Å². The number of H-pyrrole nitrogens is 1. The molecule has 828 valence electrons. The summed E-state index contributed by atoms with van der Waals surface area (Å²) < 4.78 is 10.6. The van der Waals surface area contributed by atoms with Gasteiger partial charge in [0.1, 0.15) is 85.6 Å². The molecule has 0 bridgehead atoms. The van der Waals surface area contributed by atoms with Gasteiger partial charge in [0.15, 0.2) is 45.2 Å². The van der Waals surface area contributed by atoms with Gasteiger partial charge in [-0.05, 0) is 100 Å². The Morgan fingerprint density at radius 3 is 1.63 bits per heavy atom. The lowest BCUT2D eigenvalue weighted by molar-refractivity contribution is -0.139. The Labute approximate surface area is 877 Å². The number of unbranched alkanes of at least 4 members (excludes halogenated alkanes) is 1. The second-order valence-electron chi connectivity index (χ2n) is 36.1. The molecule has 27 N–H and O–H groups in total. The molecule has 6 amide bonds. The van der Waals surface area contributed by atoms with Crippen LogP contribution in [0.4, 0.5) is 27.5 Å². The quantitative estimate of drug-likeness (QED) is 0.00773. The van der Waals surface area contributed by atoms with Gasteiger partial charge in [0.2, 0.25) is 41.4 Å². The minimum Gasteiger partial charge on any atom is -0.481 e. The SMILES string of the molecule is Cc1nc(Nc2ncc(C(=O)Cc3c(C)cccc3Cl)s2)cc(N2CCN(CCOC(=O)OCCSSCCCC(=O)[C@H](CCC(=O)NC[C@H](O)[C@@H](O)[C@H](O)[C@H](O)CO)NC(=O)[C@H](CCC(=O)O)CC(=O)[C@H](CCC(=O)NC[C@H](O)[C@@H](O)[C@H](O)[C@H](O)CO)NC(=O)[C@H](CCC(=O)O)CC(=O)[C@@H](NC(=O)CCCCC(=O)c3ccc(CCc4cnc5nc(N)[nH]c(=O)c5n4)cc3)C(C)CC(=O)NC[C@H](O)[C@@H](O)[C@H](O)[C@H](O)CO)CC2)n1. The number of aromatic nitrogens is 7. The van der Waals surface area contributed by atoms with Crippen molar-refractivity contribution in [3.8, 4) is 0 Å². The van der Waals surface area contributed by atoms with Crippen LogP contribution in [-0.4, -0.2) is 397 Å². The van der Waals surface area contributed by atoms with Crippen LogP contribution < -0.4 is 53.4 Å². The van der Waals surface area contributed by atoms with Crippen molar-refractivity contribution >= 4 is 161 Å². The lowest BCUT2D eigenvalue weighted by Gasteiger charge is -2.35. The fourth-order valence-electron chi connectivity index (χ4n) is 15.6. The molecule has 55 heteroatoms. The number of aromatic amines is 1. The number of piperazine rings is 1. The first-order chi connectivity index (χ1) is 71.3. The maximum atomic E-state index is 15.1. The number of benzene rings is 2. The topological polar surface area (TPSA) is 828 Å². The van der Waals surface area contributed by atoms with Crippen LogP contribution in [0.1, 0.15) is 164 Å². The van der Waals surface area contributed by atoms with E-state index in [4.69, 9.17) is 26.8 Å². The molecule has 0 aliphatic carbocycles. The van der Waals surface area contributed by atoms with Crippen molar-refractivity contribution in [3.05, 3.63) is 115 Å². The summed E-state index contributed by atoms with van der Waals surface area (Å²) in [5.74, 6) is -15.8. The van der Waals surface area contributed by atoms with E-state index in [1.807, 2.05) is 19.1 Å². The first-order valence-corrected chi connectivity index (χ1v) is 52.2. The zero-order valence-corrected chi connectivity index (χ0v) is 85.9. The summed E-state index contributed by atoms with van der Waals surface area (Å²) in [6.07, 6.45) is -31.2. The number of hydrogen-bond donors (Lipinski definition) is 26. The number of hydrogen-bond acceptors (Lipinski definition) is 45. The molecule has 1 aliphatic rings. The number of Topliss-reactive ketones (excluding diaryl/α,β-unsaturated/α-hetero) is 5. The largest absolute Gasteiger partial charge is 0.508 e. The van der Waals surface area contributed by atoms with Crippen LogP contribution in [0.15, 0.2) is 65.7 Å². The molecule has 150 heavy (non-hydrogen) atoms. The van der Waals surface area contributed by atoms with Crippen molar-refractivity contribution in [2.45, 2.75) is 241 Å². The highest BCUT2D eigenvalue weighted by Gasteiger charge is 2.40. The third-order valence-electron chi connectivity index (χ3n) is 24.5. The molecule has 5 heterocycles. The number of anilines is 4. The smallest absolute Gasteiger partial charge is 0.481 e. The summed E-state index contributed by atoms with van der Waals surface area (Å²) in [6.45, 7) is 1.91. The maximum absolute atomic E-state index is 15.1. The molecule has 0 spiro atoms. The number of aliphatic hydroxyl groups excluding tert-OH is 15. The summed E-state index contributed by atoms with van der Waals surface area (Å²) >= 11 is 7.57. The second-order valence-corrected chi connectivity index (χ2v) is 40.2. The van der Waals surface area contributed by atoms with Crippen LogP contribution in [0.3, 0.4) is 0 Å². The number of ether oxygens (including phenoxy) is 2. The average Bonchev–Trinajstić information content (AvgIpc) is 0.871. The molecule has 4 aromatic heterocycles. The Morgan fingerprint density at radius 1 is 0.540 bits per heavy atom. The van der Waals surface area contributed by atoms with E-state index >= 15 is 4.79 Å². The lowest BCUT2D eigenvalue weighted by atomic mass is 9.86. The number of aliphatic carboxylic acids is 2. The predicted octanol–water partition coefficient (Wildman–Crippen LogP) is -3.21. The zero-order valence-electron chi connectivity index (χ0n) is 82.7. The highest BCUT2D eigenvalue weighted by molar-refractivity contribution is 8.76. The molecule has 1 saturated heterocycles. The molecule has 6 aromatic rings. The van der Waals surface area contributed by atoms with E-state index < -0.39 is 296 Å². The Morgan fingerprint density at radius 2 is 1.07 bits per heavy atom. The third-order valence-corrected chi connectivity index (χ3v) is 28.2. The maximum Gasteiger partial charge on any atom is 0.508 e. The molecule has 1 unspecified atom stereocenters. The first kappa shape index (κ1) is 125. The molecular formula is C95H134ClN17O34S3. The van der Waals surface area contributed by atoms with Gasteiger partial charge in [-0.2, -0.15) is 4.98 Å². The number of aryl methyl sites for hydroxylation is 4. The number of ketones is 5. The molecule has 18 atom stereocenters. The van der Waals surface area contributed by atoms with Gasteiger partial charge in [-0.25, -0.2) is 29.7 Å². The number of nitrogens with two attached hydrogens (primary N) is 1. The molecule has 51 nitrogen and oxygen atoms in total. The number of carbonyl (C=O) groups is 14. The predicted molar refractivity (Wildman–Crippen MR) is 541 cm³/mol. The van der Waals surface area contributed by atoms with Crippen LogP contribution in [0, 0.1) is 31.6 Å². The number of nitrogens with zero attached hydrogens (tertiary/aromatic N) is 8. The number of rotatable bonds is 71. The molecule has 1 fully saturated rings. The number of nitrogen functional groups attached to an aromatic ring is 1. The number of thiazole rings is 1. The number of halogens is 1. The molecular weight excluding hydrogens is 2050 g/mol. The highest BCUT2D eigenvalue weighted by Crippen LogP contribution is 2.31. The van der Waals surface area contributed by atoms with Gasteiger partial charge in [0, 0.05) is 163 Å². The number of carbonyl (C=O) groups excluding carboxylic acids is 12. The molecule has 7 rings (SSSR count). The number of aliphatic hydroxyl groups is 15. The Hall–Kier alpha value is -11.5. The minimum absolute atomic E-state index is 0.00440. The molecule has 2 aromatic carbocycles. The molecule has 0 radical (unpaired) electrons. The van der Waals surface area contributed by atoms with Crippen LogP contribution in [0.5, 0.6) is 0 Å². The van der Waals surface area contributed by atoms with Crippen molar-refractivity contribution in [1.82, 2.24) is 71.7 Å². The monoisotopic (exact) mass is 2190 g/mol. The van der Waals surface area contributed by atoms with Crippen molar-refractivity contribution in [2.24, 2.45) is 17.8 Å². The normalized spacial score (nSPS) is 15.9. The minimum atomic E-state index is -2.20. The third kappa shape index (κ3) is 42.6. The van der Waals surface area contributed by atoms with E-state index in [0.29, 0.717) is 89.3 Å². The fourth-order valence-corrected chi connectivity index (χ4v) is 18.6. The summed E-state index contributed by atoms with van der Waals surface area (Å²) in [6, 6.07) is 8.39. The molecule has 1 aliphatic heterocycles. The van der Waals surface area contributed by atoms with E-state index in [1.165, 1.54) is 52.2 Å². The van der Waals surface area contributed by atoms with Crippen molar-refractivity contribution in [3.63, 3.8) is 0 Å². The van der Waals surface area contributed by atoms with Gasteiger partial charge in [-0.1, -0.05) is 87.8 Å². The summed E-state index contributed by atoms with van der Waals surface area (Å²) in [4.78, 5) is 239. The van der Waals surface area contributed by atoms with Gasteiger partial charge in [0.05, 0.1) is 79.2 Å². The average molecular weight is 2190 g/mol. The van der Waals surface area contributed by atoms with E-state index in [1.54, 1.807) is 43.3 Å². The van der Waals surface area contributed by atoms with Gasteiger partial charge in [-0.3, -0.25) is 77.0 Å². The van der Waals surface area contributed by atoms with E-state index in [2.05, 4.69) is 81.9 Å². The number of amides is 6. The Balaban J connectivity index is 1.01. The highest BCUT2D eigenvalue weighted by atomic mass is 35.5. The van der Waals surface area contributed by atoms with E-state index in [9.17, 15) is 154 Å². The number of nitrogens with one attached hydrogen (secondary N) is 8. The Bertz CT molecular complexity index is 5500. The number of fused-ring (bicyclic) bond motifs is 1. The van der Waals surface area contributed by atoms with E-state index in [0.717, 1.165) is 16.7 Å². The van der Waals surface area contributed by atoms with Gasteiger partial charge < -0.3 is 144 Å². The van der Waals surface area contributed by atoms with Crippen LogP contribution in [0.25, 0.3) is 11.2 Å². The zero-order chi connectivity index (χ0) is 111. The summed E-state index contributed by atoms with van der Waals surface area (Å²) in [5.41, 5.74) is 8.34. The summed E-state index contributed by atoms with van der Waals surface area (Å²) in [5, 5.41) is 190. The summed E-state index contributed by atoms with van der Waals surface area (Å²) in [7, 11) is 2.50. The van der Waals surface area contributed by atoms with Crippen LogP contribution in [-0.2, 0) is 81.5 Å². The number of carboxylic acid groups (broad SMARTS) is 2. The second kappa shape index (κ2) is 64.4. The van der Waals surface area contributed by atoms with Gasteiger partial charge in [0.25, 0.3) is 5.56 Å². The van der Waals surface area contributed by atoms with Crippen LogP contribution in [0.2, 0.25) is 5.02 Å². The number of carboxylic acids is 2.